The average Bonchev–Trinajstić information content (AvgIpc) is 0.722. The first-order valence-electron chi connectivity index (χ1n) is 0.894. The number of hydrogen-bond acceptors (Lipinski definition) is 4. The van der Waals surface area contributed by atoms with Crippen molar-refractivity contribution in [2.45, 2.75) is 0 Å². The maximum absolute atomic E-state index is 7.33. The fraction of sp³-hybridized carbons (Fsp3) is 0. The van der Waals surface area contributed by atoms with Gasteiger partial charge < -0.3 is 19.2 Å². The van der Waals surface area contributed by atoms with Crippen LogP contribution in [0.4, 0.5) is 0 Å². The van der Waals surface area contributed by atoms with Crippen molar-refractivity contribution in [2.24, 2.45) is 0 Å². The molecule has 9 heavy (non-hydrogen) atoms. The van der Waals surface area contributed by atoms with E-state index < -0.39 is 9.05 Å². The molecule has 0 saturated carbocycles. The zero-order chi connectivity index (χ0) is 4.50. The Bertz CT molecular complexity index is 31.3. The van der Waals surface area contributed by atoms with E-state index in [1.54, 1.807) is 0 Å². The van der Waals surface area contributed by atoms with Gasteiger partial charge in [0.2, 0.25) is 0 Å². The fourth-order valence-electron chi connectivity index (χ4n) is 0. The van der Waals surface area contributed by atoms with Gasteiger partial charge in [0.05, 0.1) is 0 Å². The van der Waals surface area contributed by atoms with Gasteiger partial charge in [-0.25, -0.2) is 0 Å². The molecule has 0 fully saturated rings. The molecule has 0 aromatic heterocycles. The Morgan fingerprint density at radius 2 is 0.667 bits per heavy atom. The van der Waals surface area contributed by atoms with Crippen LogP contribution in [0, 0.1) is 0 Å². The average molecular weight is 249 g/mol. The van der Waals surface area contributed by atoms with Crippen LogP contribution in [-0.2, 0) is 0 Å². The van der Waals surface area contributed by atoms with Gasteiger partial charge in [-0.05, 0) is 0 Å². The first-order chi connectivity index (χ1) is 2.00. The van der Waals surface area contributed by atoms with Crippen LogP contribution in [0.25, 0.3) is 0 Å². The Morgan fingerprint density at radius 3 is 0.667 bits per heavy atom. The van der Waals surface area contributed by atoms with Crippen LogP contribution < -0.4 is 0 Å². The molecule has 0 radical (unpaired) electrons. The predicted octanol–water partition coefficient (Wildman–Crippen LogP) is -6.27. The number of rotatable bonds is 0. The third-order valence-corrected chi connectivity index (χ3v) is 0. The second kappa shape index (κ2) is 15.1. The normalized spacial score (nSPS) is 6.67. The van der Waals surface area contributed by atoms with Crippen molar-refractivity contribution in [3.63, 3.8) is 0 Å². The summed E-state index contributed by atoms with van der Waals surface area (Å²) in [5, 5.41) is 0. The van der Waals surface area contributed by atoms with Crippen LogP contribution in [0.2, 0.25) is 0 Å². The second-order valence-corrected chi connectivity index (χ2v) is 1.80. The van der Waals surface area contributed by atoms with E-state index >= 15 is 0 Å². The topological polar surface area (TPSA) is 80.9 Å². The van der Waals surface area contributed by atoms with Gasteiger partial charge in [0.1, 0.15) is 0 Å². The largest absolute Gasteiger partial charge is 0.316 e. The van der Waals surface area contributed by atoms with E-state index in [0.717, 1.165) is 0 Å². The molecule has 9 heteroatoms. The Kier molecular flexibility index (Phi) is 49.0. The van der Waals surface area contributed by atoms with Gasteiger partial charge in [-0.2, -0.15) is 0 Å². The summed E-state index contributed by atoms with van der Waals surface area (Å²) < 4.78 is 0. The van der Waals surface area contributed by atoms with Crippen LogP contribution in [0.5, 0.6) is 0 Å². The second-order valence-electron chi connectivity index (χ2n) is 0.600. The third-order valence-electron chi connectivity index (χ3n) is 0. The van der Waals surface area contributed by atoms with Crippen molar-refractivity contribution < 1.29 is 19.2 Å². The van der Waals surface area contributed by atoms with Gasteiger partial charge in [-0.15, -0.1) is 0 Å². The van der Waals surface area contributed by atoms with Crippen molar-refractivity contribution >= 4 is 145 Å². The molecule has 0 saturated heterocycles. The molecule has 0 bridgehead atoms. The summed E-state index contributed by atoms with van der Waals surface area (Å²) in [4.78, 5) is 29.3. The summed E-state index contributed by atoms with van der Waals surface area (Å²) in [6.45, 7) is 0. The fourth-order valence-corrected chi connectivity index (χ4v) is 0. The molecule has 0 aromatic carbocycles. The molecule has 0 aliphatic rings. The van der Waals surface area contributed by atoms with Crippen molar-refractivity contribution in [3.8, 4) is 0 Å². The minimum Gasteiger partial charge on any atom is 0.316 e. The Labute approximate surface area is 160 Å². The summed E-state index contributed by atoms with van der Waals surface area (Å²) in [5.74, 6) is 0. The maximum Gasteiger partial charge on any atom is 0.316 e. The van der Waals surface area contributed by atoms with E-state index in [2.05, 4.69) is 0 Å². The van der Waals surface area contributed by atoms with Gasteiger partial charge >= 0.3 is 145 Å². The van der Waals surface area contributed by atoms with E-state index in [4.69, 9.17) is 19.2 Å². The van der Waals surface area contributed by atoms with Crippen LogP contribution in [0.1, 0.15) is 0 Å². The molecule has 0 unspecified atom stereocenters. The summed E-state index contributed by atoms with van der Waals surface area (Å²) in [6.07, 6.45) is 0. The van der Waals surface area contributed by atoms with E-state index in [1.165, 1.54) is 0 Å². The van der Waals surface area contributed by atoms with Crippen LogP contribution in [0.3, 0.4) is 0 Å². The minimum absolute atomic E-state index is 0. The molecule has 4 N–H and O–H groups in total. The van der Waals surface area contributed by atoms with Gasteiger partial charge in [0.25, 0.3) is 0 Å². The standard InChI is InChI=1S/3Ca.Mg.H4O4Si.8H/c;;;;1-5(2,3)4;;;;;;;;/h;;;;1-4H;;;;;;;;. The first-order valence-corrected chi connectivity index (χ1v) is 2.68. The summed E-state index contributed by atoms with van der Waals surface area (Å²) >= 11 is 0. The van der Waals surface area contributed by atoms with Crippen molar-refractivity contribution in [1.82, 2.24) is 0 Å². The summed E-state index contributed by atoms with van der Waals surface area (Å²) in [5.41, 5.74) is 0. The van der Waals surface area contributed by atoms with E-state index in [1.807, 2.05) is 0 Å². The smallest absolute Gasteiger partial charge is 0.316 e. The zero-order valence-corrected chi connectivity index (χ0v) is 3.29. The van der Waals surface area contributed by atoms with Gasteiger partial charge in [-0.1, -0.05) is 0 Å². The molecule has 0 aliphatic carbocycles. The van der Waals surface area contributed by atoms with Gasteiger partial charge in [0, 0.05) is 0 Å². The minimum atomic E-state index is -4.61. The molecule has 0 amide bonds. The molecule has 0 rings (SSSR count). The Balaban J connectivity index is -0.0000000133. The monoisotopic (exact) mass is 248 g/mol. The quantitative estimate of drug-likeness (QED) is 0.322. The summed E-state index contributed by atoms with van der Waals surface area (Å²) in [7, 11) is -4.61. The molecular weight excluding hydrogens is 237 g/mol. The maximum atomic E-state index is 7.33. The first kappa shape index (κ1) is 29.2. The summed E-state index contributed by atoms with van der Waals surface area (Å²) in [6, 6.07) is 0. The molecule has 0 heterocycles. The number of hydrogen-bond donors (Lipinski definition) is 4. The van der Waals surface area contributed by atoms with Crippen LogP contribution in [0.15, 0.2) is 0 Å². The molecule has 4 nitrogen and oxygen atoms in total. The Morgan fingerprint density at radius 1 is 0.667 bits per heavy atom. The zero-order valence-electron chi connectivity index (χ0n) is 2.29. The van der Waals surface area contributed by atoms with E-state index in [-0.39, 0.29) is 136 Å². The van der Waals surface area contributed by atoms with Crippen molar-refractivity contribution in [1.29, 1.82) is 0 Å². The molecule has 0 spiro atoms. The molecular formula is H12Ca3MgO4Si. The van der Waals surface area contributed by atoms with Crippen LogP contribution in [-0.4, -0.2) is 164 Å². The SMILES string of the molecule is O[Si](O)(O)O.[CaH2].[CaH2].[CaH2].[MgH2]. The Hall–Kier alpha value is 4.60. The molecule has 48 valence electrons. The third kappa shape index (κ3) is 66.9. The van der Waals surface area contributed by atoms with E-state index in [0.29, 0.717) is 0 Å². The van der Waals surface area contributed by atoms with Crippen molar-refractivity contribution in [3.05, 3.63) is 0 Å². The van der Waals surface area contributed by atoms with Gasteiger partial charge in [0.15, 0.2) is 0 Å². The van der Waals surface area contributed by atoms with Crippen LogP contribution >= 0.6 is 0 Å². The van der Waals surface area contributed by atoms with Crippen molar-refractivity contribution in [2.75, 3.05) is 0 Å². The van der Waals surface area contributed by atoms with Gasteiger partial charge in [-0.3, -0.25) is 0 Å². The molecule has 0 aliphatic heterocycles. The van der Waals surface area contributed by atoms with E-state index in [9.17, 15) is 0 Å². The molecule has 0 aromatic rings. The molecule has 0 atom stereocenters. The predicted molar refractivity (Wildman–Crippen MR) is 48.8 cm³/mol.